The van der Waals surface area contributed by atoms with Crippen molar-refractivity contribution in [2.45, 2.75) is 52.0 Å². The van der Waals surface area contributed by atoms with Crippen LogP contribution < -0.4 is 0 Å². The maximum Gasteiger partial charge on any atom is 0.253 e. The number of β-amino-alcohol motifs (C(OH)–C–C–N with tert-alkyl or cyclic N) is 2. The number of rotatable bonds is 6. The van der Waals surface area contributed by atoms with Gasteiger partial charge in [0, 0.05) is 75.6 Å². The highest BCUT2D eigenvalue weighted by Gasteiger charge is 2.30. The highest BCUT2D eigenvalue weighted by atomic mass is 16.3. The predicted molar refractivity (Wildman–Crippen MR) is 124 cm³/mol. The van der Waals surface area contributed by atoms with Crippen LogP contribution in [-0.2, 0) is 0 Å². The van der Waals surface area contributed by atoms with E-state index in [0.29, 0.717) is 50.4 Å². The molecule has 2 N–H and O–H groups in total. The number of hydrogen-bond donors (Lipinski definition) is 2. The highest BCUT2D eigenvalue weighted by molar-refractivity contribution is 5.99. The Kier molecular flexibility index (Phi) is 8.27. The number of carbonyl (C=O) groups is 2. The zero-order valence-corrected chi connectivity index (χ0v) is 19.8. The van der Waals surface area contributed by atoms with Crippen molar-refractivity contribution in [3.05, 3.63) is 35.4 Å². The summed E-state index contributed by atoms with van der Waals surface area (Å²) in [5.74, 6) is -0.114. The van der Waals surface area contributed by atoms with Crippen molar-refractivity contribution in [3.8, 4) is 0 Å². The van der Waals surface area contributed by atoms with E-state index in [9.17, 15) is 19.8 Å². The molecule has 2 fully saturated rings. The molecule has 0 spiro atoms. The van der Waals surface area contributed by atoms with Crippen LogP contribution in [0.15, 0.2) is 24.3 Å². The van der Waals surface area contributed by atoms with E-state index in [2.05, 4.69) is 23.6 Å². The van der Waals surface area contributed by atoms with Crippen molar-refractivity contribution < 1.29 is 19.8 Å². The Hall–Kier alpha value is -2.00. The van der Waals surface area contributed by atoms with Crippen molar-refractivity contribution >= 4 is 11.8 Å². The fourth-order valence-corrected chi connectivity index (χ4v) is 4.73. The fourth-order valence-electron chi connectivity index (χ4n) is 4.73. The van der Waals surface area contributed by atoms with E-state index in [0.717, 1.165) is 13.1 Å². The number of aliphatic hydroxyl groups excluding tert-OH is 2. The molecule has 1 aromatic carbocycles. The van der Waals surface area contributed by atoms with E-state index in [1.54, 1.807) is 38.1 Å². The fraction of sp³-hybridized carbons (Fsp3) is 0.667. The molecule has 0 bridgehead atoms. The third kappa shape index (κ3) is 6.07. The molecule has 2 saturated heterocycles. The standard InChI is InChI=1S/C24H38N4O4/c1-17-13-27(10-8-25(17)15-19(3)29)23(31)21-6-5-7-22(12-21)24(32)28-11-9-26(16-20(4)30)18(2)14-28/h5-7,12,17-20,29-30H,8-11,13-16H2,1-4H3. The van der Waals surface area contributed by atoms with E-state index in [1.807, 2.05) is 9.80 Å². The lowest BCUT2D eigenvalue weighted by Gasteiger charge is -2.40. The van der Waals surface area contributed by atoms with Gasteiger partial charge in [-0.05, 0) is 45.9 Å². The second kappa shape index (κ2) is 10.7. The second-order valence-electron chi connectivity index (χ2n) is 9.47. The molecule has 32 heavy (non-hydrogen) atoms. The first-order valence-electron chi connectivity index (χ1n) is 11.7. The first kappa shape index (κ1) is 24.6. The maximum atomic E-state index is 13.1. The molecule has 0 radical (unpaired) electrons. The van der Waals surface area contributed by atoms with Crippen LogP contribution >= 0.6 is 0 Å². The quantitative estimate of drug-likeness (QED) is 0.670. The summed E-state index contributed by atoms with van der Waals surface area (Å²) in [7, 11) is 0. The van der Waals surface area contributed by atoms with Gasteiger partial charge in [0.05, 0.1) is 12.2 Å². The first-order valence-corrected chi connectivity index (χ1v) is 11.7. The summed E-state index contributed by atoms with van der Waals surface area (Å²) in [5.41, 5.74) is 1.07. The number of aliphatic hydroxyl groups is 2. The Morgan fingerprint density at radius 3 is 1.59 bits per heavy atom. The Balaban J connectivity index is 1.63. The molecule has 0 aromatic heterocycles. The lowest BCUT2D eigenvalue weighted by atomic mass is 10.1. The van der Waals surface area contributed by atoms with Gasteiger partial charge >= 0.3 is 0 Å². The molecule has 2 aliphatic rings. The average Bonchev–Trinajstić information content (AvgIpc) is 2.75. The Labute approximate surface area is 191 Å². The molecule has 4 atom stereocenters. The highest BCUT2D eigenvalue weighted by Crippen LogP contribution is 2.18. The maximum absolute atomic E-state index is 13.1. The van der Waals surface area contributed by atoms with Crippen LogP contribution in [0.3, 0.4) is 0 Å². The molecule has 0 saturated carbocycles. The second-order valence-corrected chi connectivity index (χ2v) is 9.47. The SMILES string of the molecule is CC(O)CN1CCN(C(=O)c2cccc(C(=O)N3CCN(CC(C)O)C(C)C3)c2)CC1C. The molecule has 2 amide bonds. The van der Waals surface area contributed by atoms with Crippen LogP contribution in [0.1, 0.15) is 48.4 Å². The predicted octanol–water partition coefficient (Wildman–Crippen LogP) is 0.741. The molecule has 8 heteroatoms. The molecule has 8 nitrogen and oxygen atoms in total. The summed E-state index contributed by atoms with van der Waals surface area (Å²) in [5, 5.41) is 19.3. The average molecular weight is 447 g/mol. The van der Waals surface area contributed by atoms with Gasteiger partial charge in [0.15, 0.2) is 0 Å². The molecule has 3 rings (SSSR count). The van der Waals surface area contributed by atoms with Crippen molar-refractivity contribution in [2.24, 2.45) is 0 Å². The minimum absolute atomic E-state index is 0.0571. The third-order valence-corrected chi connectivity index (χ3v) is 6.46. The van der Waals surface area contributed by atoms with Crippen LogP contribution in [0.4, 0.5) is 0 Å². The van der Waals surface area contributed by atoms with Gasteiger partial charge < -0.3 is 20.0 Å². The number of amides is 2. The van der Waals surface area contributed by atoms with Crippen LogP contribution in [0.25, 0.3) is 0 Å². The van der Waals surface area contributed by atoms with E-state index in [4.69, 9.17) is 0 Å². The summed E-state index contributed by atoms with van der Waals surface area (Å²) in [6, 6.07) is 7.38. The zero-order valence-electron chi connectivity index (χ0n) is 19.8. The minimum Gasteiger partial charge on any atom is -0.392 e. The van der Waals surface area contributed by atoms with Crippen LogP contribution in [0.5, 0.6) is 0 Å². The molecular formula is C24H38N4O4. The summed E-state index contributed by atoms with van der Waals surface area (Å²) >= 11 is 0. The van der Waals surface area contributed by atoms with Crippen molar-refractivity contribution in [1.29, 1.82) is 0 Å². The number of piperazine rings is 2. The van der Waals surface area contributed by atoms with Gasteiger partial charge in [-0.1, -0.05) is 6.07 Å². The van der Waals surface area contributed by atoms with Gasteiger partial charge in [-0.2, -0.15) is 0 Å². The van der Waals surface area contributed by atoms with Gasteiger partial charge in [0.1, 0.15) is 0 Å². The lowest BCUT2D eigenvalue weighted by molar-refractivity contribution is 0.0364. The summed E-state index contributed by atoms with van der Waals surface area (Å²) in [6.45, 7) is 12.8. The molecular weight excluding hydrogens is 408 g/mol. The molecule has 0 aliphatic carbocycles. The molecule has 4 unspecified atom stereocenters. The van der Waals surface area contributed by atoms with E-state index >= 15 is 0 Å². The largest absolute Gasteiger partial charge is 0.392 e. The normalized spacial score (nSPS) is 24.9. The van der Waals surface area contributed by atoms with Crippen molar-refractivity contribution in [3.63, 3.8) is 0 Å². The minimum atomic E-state index is -0.390. The number of benzene rings is 1. The zero-order chi connectivity index (χ0) is 23.4. The summed E-state index contributed by atoms with van der Waals surface area (Å²) in [6.07, 6.45) is -0.780. The summed E-state index contributed by atoms with van der Waals surface area (Å²) < 4.78 is 0. The van der Waals surface area contributed by atoms with Crippen LogP contribution in [0, 0.1) is 0 Å². The monoisotopic (exact) mass is 446 g/mol. The smallest absolute Gasteiger partial charge is 0.253 e. The van der Waals surface area contributed by atoms with Gasteiger partial charge in [-0.3, -0.25) is 19.4 Å². The molecule has 2 aliphatic heterocycles. The van der Waals surface area contributed by atoms with Gasteiger partial charge in [0.2, 0.25) is 0 Å². The Morgan fingerprint density at radius 1 is 0.844 bits per heavy atom. The van der Waals surface area contributed by atoms with Gasteiger partial charge in [0.25, 0.3) is 11.8 Å². The lowest BCUT2D eigenvalue weighted by Crippen LogP contribution is -2.55. The third-order valence-electron chi connectivity index (χ3n) is 6.46. The van der Waals surface area contributed by atoms with Crippen LogP contribution in [0.2, 0.25) is 0 Å². The van der Waals surface area contributed by atoms with E-state index in [1.165, 1.54) is 0 Å². The Morgan fingerprint density at radius 2 is 1.25 bits per heavy atom. The van der Waals surface area contributed by atoms with Crippen molar-refractivity contribution in [1.82, 2.24) is 19.6 Å². The van der Waals surface area contributed by atoms with Crippen LogP contribution in [-0.4, -0.2) is 118 Å². The number of hydrogen-bond acceptors (Lipinski definition) is 6. The van der Waals surface area contributed by atoms with E-state index in [-0.39, 0.29) is 36.1 Å². The van der Waals surface area contributed by atoms with Gasteiger partial charge in [-0.15, -0.1) is 0 Å². The number of nitrogens with zero attached hydrogens (tertiary/aromatic N) is 4. The summed E-state index contributed by atoms with van der Waals surface area (Å²) in [4.78, 5) is 34.3. The molecule has 2 heterocycles. The Bertz CT molecular complexity index is 739. The van der Waals surface area contributed by atoms with Crippen molar-refractivity contribution in [2.75, 3.05) is 52.4 Å². The van der Waals surface area contributed by atoms with E-state index < -0.39 is 0 Å². The number of carbonyl (C=O) groups excluding carboxylic acids is 2. The molecule has 1 aromatic rings. The van der Waals surface area contributed by atoms with Gasteiger partial charge in [-0.25, -0.2) is 0 Å². The molecule has 178 valence electrons. The first-order chi connectivity index (χ1) is 15.2. The topological polar surface area (TPSA) is 87.6 Å².